The fourth-order valence-corrected chi connectivity index (χ4v) is 1.90. The Bertz CT molecular complexity index is 600. The summed E-state index contributed by atoms with van der Waals surface area (Å²) in [5, 5.41) is -0.153. The van der Waals surface area contributed by atoms with Crippen LogP contribution >= 0.6 is 23.2 Å². The summed E-state index contributed by atoms with van der Waals surface area (Å²) in [5.74, 6) is -6.03. The molecular weight excluding hydrogens is 291 g/mol. The monoisotopic (exact) mass is 294 g/mol. The Kier molecular flexibility index (Phi) is 3.50. The maximum Gasteiger partial charge on any atom is 0.169 e. The molecule has 0 radical (unpaired) electrons. The van der Waals surface area contributed by atoms with Gasteiger partial charge in [0.2, 0.25) is 0 Å². The van der Waals surface area contributed by atoms with Crippen LogP contribution in [0.4, 0.5) is 17.6 Å². The van der Waals surface area contributed by atoms with Crippen LogP contribution in [-0.4, -0.2) is 0 Å². The minimum Gasteiger partial charge on any atom is -0.204 e. The van der Waals surface area contributed by atoms with Gasteiger partial charge in [-0.1, -0.05) is 35.3 Å². The Hall–Kier alpha value is -1.26. The second kappa shape index (κ2) is 4.78. The van der Waals surface area contributed by atoms with Gasteiger partial charge in [-0.3, -0.25) is 0 Å². The number of halogens is 6. The molecule has 0 unspecified atom stereocenters. The first-order chi connectivity index (χ1) is 8.43. The van der Waals surface area contributed by atoms with Crippen LogP contribution in [-0.2, 0) is 0 Å². The van der Waals surface area contributed by atoms with E-state index in [1.165, 1.54) is 18.2 Å². The lowest BCUT2D eigenvalue weighted by molar-refractivity contribution is 0.458. The average molecular weight is 295 g/mol. The van der Waals surface area contributed by atoms with E-state index in [9.17, 15) is 17.6 Å². The average Bonchev–Trinajstić information content (AvgIpc) is 2.32. The van der Waals surface area contributed by atoms with E-state index in [4.69, 9.17) is 23.2 Å². The van der Waals surface area contributed by atoms with Crippen molar-refractivity contribution in [3.05, 3.63) is 57.6 Å². The molecule has 6 heteroatoms. The van der Waals surface area contributed by atoms with Crippen LogP contribution in [0.25, 0.3) is 11.1 Å². The van der Waals surface area contributed by atoms with Gasteiger partial charge >= 0.3 is 0 Å². The normalized spacial score (nSPS) is 10.8. The van der Waals surface area contributed by atoms with Gasteiger partial charge in [-0.15, -0.1) is 0 Å². The van der Waals surface area contributed by atoms with Gasteiger partial charge in [0.1, 0.15) is 0 Å². The van der Waals surface area contributed by atoms with E-state index in [1.807, 2.05) is 0 Å². The van der Waals surface area contributed by atoms with Gasteiger partial charge in [-0.25, -0.2) is 17.6 Å². The molecule has 0 aliphatic carbocycles. The van der Waals surface area contributed by atoms with E-state index in [-0.39, 0.29) is 21.7 Å². The molecule has 0 saturated carbocycles. The largest absolute Gasteiger partial charge is 0.204 e. The summed E-state index contributed by atoms with van der Waals surface area (Å²) in [7, 11) is 0. The Morgan fingerprint density at radius 1 is 0.833 bits per heavy atom. The zero-order valence-electron chi connectivity index (χ0n) is 8.58. The Balaban J connectivity index is 2.83. The molecule has 0 aliphatic rings. The number of rotatable bonds is 1. The van der Waals surface area contributed by atoms with Gasteiger partial charge in [-0.2, -0.15) is 0 Å². The predicted octanol–water partition coefficient (Wildman–Crippen LogP) is 5.22. The molecule has 0 nitrogen and oxygen atoms in total. The van der Waals surface area contributed by atoms with Crippen molar-refractivity contribution in [2.75, 3.05) is 0 Å². The fourth-order valence-electron chi connectivity index (χ4n) is 1.51. The Morgan fingerprint density at radius 2 is 1.39 bits per heavy atom. The molecular formula is C12H4Cl2F4. The van der Waals surface area contributed by atoms with Crippen molar-refractivity contribution in [2.45, 2.75) is 0 Å². The highest BCUT2D eigenvalue weighted by molar-refractivity contribution is 6.43. The van der Waals surface area contributed by atoms with Crippen molar-refractivity contribution in [3.8, 4) is 11.1 Å². The molecule has 0 spiro atoms. The first-order valence-corrected chi connectivity index (χ1v) is 5.46. The molecule has 2 aromatic carbocycles. The molecule has 0 amide bonds. The summed E-state index contributed by atoms with van der Waals surface area (Å²) in [6, 6.07) is 4.10. The first-order valence-electron chi connectivity index (χ1n) is 4.71. The Morgan fingerprint density at radius 3 is 1.94 bits per heavy atom. The van der Waals surface area contributed by atoms with Crippen LogP contribution in [0.1, 0.15) is 0 Å². The summed E-state index contributed by atoms with van der Waals surface area (Å²) in [6.45, 7) is 0. The van der Waals surface area contributed by atoms with Gasteiger partial charge in [-0.05, 0) is 6.07 Å². The van der Waals surface area contributed by atoms with E-state index in [2.05, 4.69) is 0 Å². The van der Waals surface area contributed by atoms with Crippen molar-refractivity contribution >= 4 is 23.2 Å². The van der Waals surface area contributed by atoms with Crippen molar-refractivity contribution in [3.63, 3.8) is 0 Å². The molecule has 0 fully saturated rings. The smallest absolute Gasteiger partial charge is 0.169 e. The van der Waals surface area contributed by atoms with E-state index in [0.29, 0.717) is 0 Å². The number of hydrogen-bond acceptors (Lipinski definition) is 0. The molecule has 0 aromatic heterocycles. The molecule has 94 valence electrons. The predicted molar refractivity (Wildman–Crippen MR) is 61.7 cm³/mol. The van der Waals surface area contributed by atoms with Crippen molar-refractivity contribution in [1.29, 1.82) is 0 Å². The number of benzene rings is 2. The molecule has 0 aliphatic heterocycles. The molecule has 0 atom stereocenters. The van der Waals surface area contributed by atoms with Gasteiger partial charge in [0, 0.05) is 11.6 Å². The van der Waals surface area contributed by atoms with Crippen LogP contribution in [0.3, 0.4) is 0 Å². The summed E-state index contributed by atoms with van der Waals surface area (Å²) < 4.78 is 53.3. The zero-order valence-corrected chi connectivity index (χ0v) is 10.1. The Labute approximate surface area is 110 Å². The lowest BCUT2D eigenvalue weighted by Crippen LogP contribution is -1.99. The third-order valence-corrected chi connectivity index (χ3v) is 3.15. The molecule has 0 heterocycles. The van der Waals surface area contributed by atoms with Gasteiger partial charge < -0.3 is 0 Å². The lowest BCUT2D eigenvalue weighted by Gasteiger charge is -2.09. The highest BCUT2D eigenvalue weighted by Gasteiger charge is 2.22. The summed E-state index contributed by atoms with van der Waals surface area (Å²) >= 11 is 11.4. The molecule has 2 aromatic rings. The van der Waals surface area contributed by atoms with E-state index in [1.54, 1.807) is 0 Å². The van der Waals surface area contributed by atoms with Crippen molar-refractivity contribution in [2.24, 2.45) is 0 Å². The van der Waals surface area contributed by atoms with E-state index < -0.39 is 28.8 Å². The molecule has 0 saturated heterocycles. The molecule has 2 rings (SSSR count). The van der Waals surface area contributed by atoms with Crippen molar-refractivity contribution < 1.29 is 17.6 Å². The van der Waals surface area contributed by atoms with E-state index in [0.717, 1.165) is 0 Å². The standard InChI is InChI=1S/C12H4Cl2F4/c13-6-3-1-2-5(10(6)14)9-11(17)7(15)4-8(16)12(9)18/h1-4H. The molecule has 18 heavy (non-hydrogen) atoms. The third kappa shape index (κ3) is 2.06. The van der Waals surface area contributed by atoms with Crippen LogP contribution in [0.5, 0.6) is 0 Å². The first kappa shape index (κ1) is 13.2. The third-order valence-electron chi connectivity index (χ3n) is 2.33. The number of hydrogen-bond donors (Lipinski definition) is 0. The van der Waals surface area contributed by atoms with E-state index >= 15 is 0 Å². The SMILES string of the molecule is Fc1cc(F)c(F)c(-c2cccc(Cl)c2Cl)c1F. The van der Waals surface area contributed by atoms with Gasteiger partial charge in [0.25, 0.3) is 0 Å². The van der Waals surface area contributed by atoms with Crippen LogP contribution in [0.2, 0.25) is 10.0 Å². The second-order valence-electron chi connectivity index (χ2n) is 3.44. The summed E-state index contributed by atoms with van der Waals surface area (Å²) in [6.07, 6.45) is 0. The lowest BCUT2D eigenvalue weighted by atomic mass is 10.0. The maximum absolute atomic E-state index is 13.6. The second-order valence-corrected chi connectivity index (χ2v) is 4.23. The quantitative estimate of drug-likeness (QED) is 0.500. The minimum atomic E-state index is -1.52. The highest BCUT2D eigenvalue weighted by Crippen LogP contribution is 2.37. The van der Waals surface area contributed by atoms with Crippen molar-refractivity contribution in [1.82, 2.24) is 0 Å². The zero-order chi connectivity index (χ0) is 13.4. The molecule has 0 bridgehead atoms. The maximum atomic E-state index is 13.6. The minimum absolute atomic E-state index is 0.0256. The fraction of sp³-hybridized carbons (Fsp3) is 0. The molecule has 0 N–H and O–H groups in total. The summed E-state index contributed by atoms with van der Waals surface area (Å²) in [4.78, 5) is 0. The van der Waals surface area contributed by atoms with Crippen LogP contribution < -0.4 is 0 Å². The summed E-state index contributed by atoms with van der Waals surface area (Å²) in [5.41, 5.74) is -1.09. The van der Waals surface area contributed by atoms with Crippen LogP contribution in [0.15, 0.2) is 24.3 Å². The van der Waals surface area contributed by atoms with Gasteiger partial charge in [0.15, 0.2) is 23.3 Å². The van der Waals surface area contributed by atoms with Crippen LogP contribution in [0, 0.1) is 23.3 Å². The van der Waals surface area contributed by atoms with Gasteiger partial charge in [0.05, 0.1) is 15.6 Å². The topological polar surface area (TPSA) is 0 Å². The highest BCUT2D eigenvalue weighted by atomic mass is 35.5.